The van der Waals surface area contributed by atoms with Gasteiger partial charge in [-0.05, 0) is 42.3 Å². The Balaban J connectivity index is 2.09. The quantitative estimate of drug-likeness (QED) is 0.820. The molecule has 0 radical (unpaired) electrons. The Hall–Kier alpha value is -2.16. The Morgan fingerprint density at radius 3 is 2.47 bits per heavy atom. The smallest absolute Gasteiger partial charge is 0.161 e. The maximum Gasteiger partial charge on any atom is 0.161 e. The fourth-order valence-corrected chi connectivity index (χ4v) is 1.82. The van der Waals surface area contributed by atoms with Gasteiger partial charge in [0.05, 0.1) is 14.2 Å². The second-order valence-corrected chi connectivity index (χ2v) is 4.29. The molecule has 0 heterocycles. The van der Waals surface area contributed by atoms with Gasteiger partial charge < -0.3 is 14.2 Å². The molecule has 0 amide bonds. The Kier molecular flexibility index (Phi) is 4.29. The lowest BCUT2D eigenvalue weighted by molar-refractivity contribution is 0.284. The van der Waals surface area contributed by atoms with E-state index in [1.807, 2.05) is 49.4 Å². The van der Waals surface area contributed by atoms with Crippen molar-refractivity contribution in [3.05, 3.63) is 53.6 Å². The Labute approximate surface area is 113 Å². The van der Waals surface area contributed by atoms with Crippen LogP contribution in [0, 0.1) is 6.92 Å². The van der Waals surface area contributed by atoms with Gasteiger partial charge in [0, 0.05) is 0 Å². The highest BCUT2D eigenvalue weighted by molar-refractivity contribution is 5.42. The van der Waals surface area contributed by atoms with E-state index < -0.39 is 0 Å². The van der Waals surface area contributed by atoms with E-state index in [1.165, 1.54) is 0 Å². The molecule has 0 unspecified atom stereocenters. The van der Waals surface area contributed by atoms with Crippen LogP contribution in [0.25, 0.3) is 0 Å². The van der Waals surface area contributed by atoms with Gasteiger partial charge in [-0.2, -0.15) is 0 Å². The van der Waals surface area contributed by atoms with Crippen molar-refractivity contribution in [2.24, 2.45) is 0 Å². The molecule has 2 aromatic rings. The fraction of sp³-hybridized carbons (Fsp3) is 0.250. The van der Waals surface area contributed by atoms with E-state index >= 15 is 0 Å². The van der Waals surface area contributed by atoms with Crippen LogP contribution in [0.2, 0.25) is 0 Å². The lowest BCUT2D eigenvalue weighted by atomic mass is 10.2. The van der Waals surface area contributed by atoms with E-state index in [4.69, 9.17) is 14.2 Å². The third kappa shape index (κ3) is 3.41. The molecule has 0 aromatic heterocycles. The van der Waals surface area contributed by atoms with Gasteiger partial charge in [-0.1, -0.05) is 18.2 Å². The van der Waals surface area contributed by atoms with Crippen molar-refractivity contribution in [1.82, 2.24) is 0 Å². The lowest BCUT2D eigenvalue weighted by Gasteiger charge is -2.11. The molecule has 2 aromatic carbocycles. The number of hydrogen-bond donors (Lipinski definition) is 0. The second kappa shape index (κ2) is 6.14. The van der Waals surface area contributed by atoms with Gasteiger partial charge in [-0.15, -0.1) is 0 Å². The molecular formula is C16H18O3. The first kappa shape index (κ1) is 13.3. The zero-order chi connectivity index (χ0) is 13.7. The van der Waals surface area contributed by atoms with E-state index in [1.54, 1.807) is 14.2 Å². The fourth-order valence-electron chi connectivity index (χ4n) is 1.82. The molecule has 0 bridgehead atoms. The van der Waals surface area contributed by atoms with E-state index in [0.717, 1.165) is 28.4 Å². The molecule has 0 aliphatic carbocycles. The summed E-state index contributed by atoms with van der Waals surface area (Å²) < 4.78 is 16.3. The summed E-state index contributed by atoms with van der Waals surface area (Å²) in [5.41, 5.74) is 2.20. The van der Waals surface area contributed by atoms with E-state index in [-0.39, 0.29) is 0 Å². The van der Waals surface area contributed by atoms with Crippen molar-refractivity contribution in [2.45, 2.75) is 13.5 Å². The van der Waals surface area contributed by atoms with Crippen molar-refractivity contribution in [1.29, 1.82) is 0 Å². The van der Waals surface area contributed by atoms with Crippen LogP contribution < -0.4 is 14.2 Å². The standard InChI is InChI=1S/C16H18O3/c1-12-7-8-15(16(9-12)18-3)19-11-13-5-4-6-14(10-13)17-2/h4-10H,11H2,1-3H3. The van der Waals surface area contributed by atoms with Crippen LogP contribution in [0.1, 0.15) is 11.1 Å². The van der Waals surface area contributed by atoms with Crippen LogP contribution in [-0.4, -0.2) is 14.2 Å². The normalized spacial score (nSPS) is 10.1. The number of benzene rings is 2. The first-order valence-corrected chi connectivity index (χ1v) is 6.13. The van der Waals surface area contributed by atoms with E-state index in [0.29, 0.717) is 6.61 Å². The minimum atomic E-state index is 0.483. The molecule has 0 atom stereocenters. The molecule has 3 heteroatoms. The summed E-state index contributed by atoms with van der Waals surface area (Å²) in [6.45, 7) is 2.50. The Bertz CT molecular complexity index is 549. The van der Waals surface area contributed by atoms with Gasteiger partial charge in [0.1, 0.15) is 12.4 Å². The third-order valence-corrected chi connectivity index (χ3v) is 2.85. The summed E-state index contributed by atoms with van der Waals surface area (Å²) in [5, 5.41) is 0. The summed E-state index contributed by atoms with van der Waals surface area (Å²) in [5.74, 6) is 2.33. The van der Waals surface area contributed by atoms with Gasteiger partial charge in [0.2, 0.25) is 0 Å². The van der Waals surface area contributed by atoms with Gasteiger partial charge >= 0.3 is 0 Å². The molecule has 0 spiro atoms. The Morgan fingerprint density at radius 1 is 0.895 bits per heavy atom. The van der Waals surface area contributed by atoms with Crippen molar-refractivity contribution < 1.29 is 14.2 Å². The lowest BCUT2D eigenvalue weighted by Crippen LogP contribution is -1.98. The van der Waals surface area contributed by atoms with Crippen molar-refractivity contribution in [3.63, 3.8) is 0 Å². The number of ether oxygens (including phenoxy) is 3. The Morgan fingerprint density at radius 2 is 1.74 bits per heavy atom. The summed E-state index contributed by atoms with van der Waals surface area (Å²) in [6, 6.07) is 13.7. The van der Waals surface area contributed by atoms with Crippen LogP contribution in [0.5, 0.6) is 17.2 Å². The van der Waals surface area contributed by atoms with E-state index in [2.05, 4.69) is 0 Å². The van der Waals surface area contributed by atoms with Gasteiger partial charge in [-0.25, -0.2) is 0 Å². The molecule has 0 N–H and O–H groups in total. The maximum absolute atomic E-state index is 5.79. The van der Waals surface area contributed by atoms with Gasteiger partial charge in [0.15, 0.2) is 11.5 Å². The molecule has 19 heavy (non-hydrogen) atoms. The highest BCUT2D eigenvalue weighted by Gasteiger charge is 2.05. The molecule has 0 fully saturated rings. The minimum Gasteiger partial charge on any atom is -0.497 e. The molecule has 0 aliphatic rings. The van der Waals surface area contributed by atoms with Crippen molar-refractivity contribution in [3.8, 4) is 17.2 Å². The SMILES string of the molecule is COc1cccc(COc2ccc(C)cc2OC)c1. The summed E-state index contributed by atoms with van der Waals surface area (Å²) in [6.07, 6.45) is 0. The predicted octanol–water partition coefficient (Wildman–Crippen LogP) is 3.59. The van der Waals surface area contributed by atoms with Gasteiger partial charge in [-0.3, -0.25) is 0 Å². The zero-order valence-corrected chi connectivity index (χ0v) is 11.5. The van der Waals surface area contributed by atoms with Crippen LogP contribution >= 0.6 is 0 Å². The summed E-state index contributed by atoms with van der Waals surface area (Å²) >= 11 is 0. The van der Waals surface area contributed by atoms with Crippen LogP contribution in [0.15, 0.2) is 42.5 Å². The molecule has 0 aliphatic heterocycles. The summed E-state index contributed by atoms with van der Waals surface area (Å²) in [7, 11) is 3.30. The summed E-state index contributed by atoms with van der Waals surface area (Å²) in [4.78, 5) is 0. The van der Waals surface area contributed by atoms with Crippen LogP contribution in [0.4, 0.5) is 0 Å². The third-order valence-electron chi connectivity index (χ3n) is 2.85. The van der Waals surface area contributed by atoms with Crippen LogP contribution in [0.3, 0.4) is 0 Å². The zero-order valence-electron chi connectivity index (χ0n) is 11.5. The molecular weight excluding hydrogens is 240 g/mol. The average molecular weight is 258 g/mol. The average Bonchev–Trinajstić information content (AvgIpc) is 2.46. The monoisotopic (exact) mass is 258 g/mol. The largest absolute Gasteiger partial charge is 0.497 e. The molecule has 100 valence electrons. The van der Waals surface area contributed by atoms with Crippen molar-refractivity contribution >= 4 is 0 Å². The van der Waals surface area contributed by atoms with Crippen LogP contribution in [-0.2, 0) is 6.61 Å². The first-order valence-electron chi connectivity index (χ1n) is 6.13. The van der Waals surface area contributed by atoms with Crippen molar-refractivity contribution in [2.75, 3.05) is 14.2 Å². The number of hydrogen-bond acceptors (Lipinski definition) is 3. The molecule has 0 saturated heterocycles. The highest BCUT2D eigenvalue weighted by atomic mass is 16.5. The second-order valence-electron chi connectivity index (χ2n) is 4.29. The number of methoxy groups -OCH3 is 2. The van der Waals surface area contributed by atoms with E-state index in [9.17, 15) is 0 Å². The molecule has 3 nitrogen and oxygen atoms in total. The predicted molar refractivity (Wildman–Crippen MR) is 75.1 cm³/mol. The number of aryl methyl sites for hydroxylation is 1. The number of rotatable bonds is 5. The topological polar surface area (TPSA) is 27.7 Å². The molecule has 2 rings (SSSR count). The maximum atomic E-state index is 5.79. The minimum absolute atomic E-state index is 0.483. The highest BCUT2D eigenvalue weighted by Crippen LogP contribution is 2.28. The molecule has 0 saturated carbocycles. The van der Waals surface area contributed by atoms with Gasteiger partial charge in [0.25, 0.3) is 0 Å². The first-order chi connectivity index (χ1) is 9.22.